The molecule has 24 heavy (non-hydrogen) atoms. The number of anilines is 1. The Balaban J connectivity index is 1.39. The van der Waals surface area contributed by atoms with Gasteiger partial charge in [0, 0.05) is 19.0 Å². The van der Waals surface area contributed by atoms with E-state index >= 15 is 0 Å². The van der Waals surface area contributed by atoms with Gasteiger partial charge in [-0.15, -0.1) is 5.10 Å². The van der Waals surface area contributed by atoms with E-state index in [1.165, 1.54) is 31.2 Å². The fourth-order valence-corrected chi connectivity index (χ4v) is 3.75. The summed E-state index contributed by atoms with van der Waals surface area (Å²) in [6.07, 6.45) is 7.20. The van der Waals surface area contributed by atoms with E-state index in [9.17, 15) is 0 Å². The number of aromatic nitrogens is 2. The molecule has 1 aromatic heterocycles. The molecule has 1 unspecified atom stereocenters. The van der Waals surface area contributed by atoms with Crippen molar-refractivity contribution in [3.05, 3.63) is 47.7 Å². The summed E-state index contributed by atoms with van der Waals surface area (Å²) in [5.41, 5.74) is 2.38. The van der Waals surface area contributed by atoms with E-state index < -0.39 is 0 Å². The van der Waals surface area contributed by atoms with E-state index in [4.69, 9.17) is 4.74 Å². The number of para-hydroxylation sites is 1. The zero-order chi connectivity index (χ0) is 16.2. The molecule has 4 rings (SSSR count). The molecule has 0 bridgehead atoms. The van der Waals surface area contributed by atoms with E-state index in [0.29, 0.717) is 5.92 Å². The Morgan fingerprint density at radius 3 is 2.58 bits per heavy atom. The van der Waals surface area contributed by atoms with Gasteiger partial charge in [0.25, 0.3) is 0 Å². The summed E-state index contributed by atoms with van der Waals surface area (Å²) in [6, 6.07) is 12.6. The van der Waals surface area contributed by atoms with Crippen molar-refractivity contribution in [2.75, 3.05) is 24.6 Å². The van der Waals surface area contributed by atoms with Crippen LogP contribution in [0.4, 0.5) is 5.82 Å². The Hall–Kier alpha value is -2.10. The average Bonchev–Trinajstić information content (AvgIpc) is 2.92. The molecule has 1 saturated heterocycles. The maximum atomic E-state index is 5.88. The predicted molar refractivity (Wildman–Crippen MR) is 95.5 cm³/mol. The third-order valence-electron chi connectivity index (χ3n) is 5.09. The molecule has 0 N–H and O–H groups in total. The van der Waals surface area contributed by atoms with Crippen LogP contribution in [-0.4, -0.2) is 29.9 Å². The minimum Gasteiger partial charge on any atom is -0.493 e. The van der Waals surface area contributed by atoms with Gasteiger partial charge >= 0.3 is 0 Å². The Bertz CT molecular complexity index is 663. The molecule has 2 aromatic rings. The fourth-order valence-electron chi connectivity index (χ4n) is 3.75. The van der Waals surface area contributed by atoms with Gasteiger partial charge in [0.05, 0.1) is 12.3 Å². The Kier molecular flexibility index (Phi) is 4.63. The molecular formula is C20H25N3O. The molecule has 3 heterocycles. The Labute approximate surface area is 143 Å². The van der Waals surface area contributed by atoms with E-state index in [-0.39, 0.29) is 0 Å². The van der Waals surface area contributed by atoms with Crippen molar-refractivity contribution < 1.29 is 4.74 Å². The molecule has 0 spiro atoms. The van der Waals surface area contributed by atoms with E-state index in [1.807, 2.05) is 6.07 Å². The van der Waals surface area contributed by atoms with Crippen LogP contribution in [0.25, 0.3) is 0 Å². The first-order chi connectivity index (χ1) is 11.9. The van der Waals surface area contributed by atoms with Gasteiger partial charge in [-0.1, -0.05) is 31.0 Å². The molecule has 4 heteroatoms. The average molecular weight is 323 g/mol. The first-order valence-electron chi connectivity index (χ1n) is 9.17. The van der Waals surface area contributed by atoms with Crippen LogP contribution in [0.15, 0.2) is 36.4 Å². The van der Waals surface area contributed by atoms with Gasteiger partial charge in [-0.2, -0.15) is 5.10 Å². The topological polar surface area (TPSA) is 38.2 Å². The van der Waals surface area contributed by atoms with Gasteiger partial charge in [-0.05, 0) is 49.4 Å². The van der Waals surface area contributed by atoms with Crippen molar-refractivity contribution in [1.29, 1.82) is 0 Å². The third-order valence-corrected chi connectivity index (χ3v) is 5.09. The van der Waals surface area contributed by atoms with Crippen LogP contribution < -0.4 is 9.64 Å². The van der Waals surface area contributed by atoms with E-state index in [2.05, 4.69) is 45.4 Å². The number of fused-ring (bicyclic) bond motifs is 1. The maximum absolute atomic E-state index is 5.88. The molecule has 0 amide bonds. The van der Waals surface area contributed by atoms with Gasteiger partial charge < -0.3 is 9.64 Å². The van der Waals surface area contributed by atoms with Crippen molar-refractivity contribution in [3.8, 4) is 5.75 Å². The lowest BCUT2D eigenvalue weighted by Gasteiger charge is -2.25. The summed E-state index contributed by atoms with van der Waals surface area (Å²) < 4.78 is 5.88. The summed E-state index contributed by atoms with van der Waals surface area (Å²) >= 11 is 0. The maximum Gasteiger partial charge on any atom is 0.151 e. The molecule has 126 valence electrons. The number of rotatable bonds is 3. The van der Waals surface area contributed by atoms with Crippen LogP contribution in [0.5, 0.6) is 5.75 Å². The molecule has 0 saturated carbocycles. The highest BCUT2D eigenvalue weighted by Crippen LogP contribution is 2.28. The molecule has 2 aliphatic heterocycles. The van der Waals surface area contributed by atoms with Crippen molar-refractivity contribution >= 4 is 5.82 Å². The van der Waals surface area contributed by atoms with Crippen LogP contribution in [-0.2, 0) is 12.8 Å². The highest BCUT2D eigenvalue weighted by atomic mass is 16.5. The van der Waals surface area contributed by atoms with Crippen molar-refractivity contribution in [2.45, 2.75) is 38.5 Å². The number of ether oxygens (including phenoxy) is 1. The van der Waals surface area contributed by atoms with Gasteiger partial charge in [-0.3, -0.25) is 0 Å². The molecule has 0 radical (unpaired) electrons. The minimum absolute atomic E-state index is 0.484. The second kappa shape index (κ2) is 7.20. The predicted octanol–water partition coefficient (Wildman–Crippen LogP) is 3.65. The summed E-state index contributed by atoms with van der Waals surface area (Å²) in [5.74, 6) is 2.56. The highest BCUT2D eigenvalue weighted by molar-refractivity contribution is 5.38. The van der Waals surface area contributed by atoms with Crippen LogP contribution in [0, 0.1) is 5.92 Å². The molecule has 1 atom stereocenters. The number of hydrogen-bond donors (Lipinski definition) is 0. The molecule has 1 fully saturated rings. The monoisotopic (exact) mass is 323 g/mol. The zero-order valence-electron chi connectivity index (χ0n) is 14.2. The molecule has 4 nitrogen and oxygen atoms in total. The smallest absolute Gasteiger partial charge is 0.151 e. The minimum atomic E-state index is 0.484. The standard InChI is InChI=1S/C20H25N3O/c1-2-6-12-23(11-5-1)20-10-9-18(21-22-20)14-16-13-17-7-3-4-8-19(17)24-15-16/h3-4,7-10,16H,1-2,5-6,11-15H2. The summed E-state index contributed by atoms with van der Waals surface area (Å²) in [7, 11) is 0. The Morgan fingerprint density at radius 1 is 0.958 bits per heavy atom. The van der Waals surface area contributed by atoms with Crippen molar-refractivity contribution in [3.63, 3.8) is 0 Å². The number of hydrogen-bond acceptors (Lipinski definition) is 4. The normalized spacial score (nSPS) is 20.8. The quantitative estimate of drug-likeness (QED) is 0.864. The molecule has 2 aliphatic rings. The first kappa shape index (κ1) is 15.4. The zero-order valence-corrected chi connectivity index (χ0v) is 14.2. The lowest BCUT2D eigenvalue weighted by atomic mass is 9.93. The lowest BCUT2D eigenvalue weighted by molar-refractivity contribution is 0.220. The third kappa shape index (κ3) is 3.53. The summed E-state index contributed by atoms with van der Waals surface area (Å²) in [5, 5.41) is 8.98. The Morgan fingerprint density at radius 2 is 1.79 bits per heavy atom. The largest absolute Gasteiger partial charge is 0.493 e. The van der Waals surface area contributed by atoms with E-state index in [0.717, 1.165) is 49.8 Å². The van der Waals surface area contributed by atoms with Crippen molar-refractivity contribution in [2.24, 2.45) is 5.92 Å². The second-order valence-electron chi connectivity index (χ2n) is 6.98. The first-order valence-corrected chi connectivity index (χ1v) is 9.17. The van der Waals surface area contributed by atoms with Gasteiger partial charge in [0.2, 0.25) is 0 Å². The van der Waals surface area contributed by atoms with E-state index in [1.54, 1.807) is 0 Å². The molecule has 0 aliphatic carbocycles. The van der Waals surface area contributed by atoms with Crippen LogP contribution >= 0.6 is 0 Å². The number of nitrogens with zero attached hydrogens (tertiary/aromatic N) is 3. The van der Waals surface area contributed by atoms with Crippen LogP contribution in [0.1, 0.15) is 36.9 Å². The highest BCUT2D eigenvalue weighted by Gasteiger charge is 2.20. The molecule has 1 aromatic carbocycles. The fraction of sp³-hybridized carbons (Fsp3) is 0.500. The van der Waals surface area contributed by atoms with Crippen LogP contribution in [0.3, 0.4) is 0 Å². The van der Waals surface area contributed by atoms with Gasteiger partial charge in [0.1, 0.15) is 5.75 Å². The number of benzene rings is 1. The van der Waals surface area contributed by atoms with Gasteiger partial charge in [-0.25, -0.2) is 0 Å². The summed E-state index contributed by atoms with van der Waals surface area (Å²) in [6.45, 7) is 3.00. The van der Waals surface area contributed by atoms with Crippen LogP contribution in [0.2, 0.25) is 0 Å². The molecular weight excluding hydrogens is 298 g/mol. The second-order valence-corrected chi connectivity index (χ2v) is 6.98. The lowest BCUT2D eigenvalue weighted by Crippen LogP contribution is -2.26. The SMILES string of the molecule is c1ccc2c(c1)CC(Cc1ccc(N3CCCCCC3)nn1)CO2. The van der Waals surface area contributed by atoms with Gasteiger partial charge in [0.15, 0.2) is 5.82 Å². The summed E-state index contributed by atoms with van der Waals surface area (Å²) in [4.78, 5) is 2.38. The van der Waals surface area contributed by atoms with Crippen molar-refractivity contribution in [1.82, 2.24) is 10.2 Å².